The molecule has 0 saturated carbocycles. The lowest BCUT2D eigenvalue weighted by Gasteiger charge is -2.29. The third-order valence-corrected chi connectivity index (χ3v) is 4.63. The van der Waals surface area contributed by atoms with E-state index in [1.165, 1.54) is 16.8 Å². The second kappa shape index (κ2) is 4.03. The highest BCUT2D eigenvalue weighted by Gasteiger charge is 2.56. The second-order valence-corrected chi connectivity index (χ2v) is 5.24. The molecule has 0 aliphatic carbocycles. The minimum atomic E-state index is -1.16. The zero-order valence-electron chi connectivity index (χ0n) is 9.68. The molecular weight excluding hydrogens is 307 g/mol. The second-order valence-electron chi connectivity index (χ2n) is 4.68. The third-order valence-electron chi connectivity index (χ3n) is 3.69. The molecule has 5 nitrogen and oxygen atoms in total. The molecule has 18 heavy (non-hydrogen) atoms. The Morgan fingerprint density at radius 3 is 3.22 bits per heavy atom. The molecule has 0 spiro atoms. The summed E-state index contributed by atoms with van der Waals surface area (Å²) in [6.45, 7) is 1.98. The third kappa shape index (κ3) is 1.53. The average Bonchev–Trinajstić information content (AvgIpc) is 2.54. The van der Waals surface area contributed by atoms with Crippen LogP contribution >= 0.6 is 15.9 Å². The molecule has 2 aliphatic heterocycles. The van der Waals surface area contributed by atoms with Crippen LogP contribution in [-0.4, -0.2) is 33.3 Å². The quantitative estimate of drug-likeness (QED) is 0.732. The minimum Gasteiger partial charge on any atom is -0.461 e. The van der Waals surface area contributed by atoms with Crippen LogP contribution in [0.25, 0.3) is 0 Å². The van der Waals surface area contributed by atoms with Crippen molar-refractivity contribution in [3.63, 3.8) is 0 Å². The normalized spacial score (nSPS) is 37.8. The summed E-state index contributed by atoms with van der Waals surface area (Å²) in [5.41, 5.74) is -1.13. The Hall–Kier alpha value is -0.950. The molecule has 1 aromatic heterocycles. The largest absolute Gasteiger partial charge is 0.461 e. The number of hydrogen-bond donors (Lipinski definition) is 0. The van der Waals surface area contributed by atoms with Crippen molar-refractivity contribution in [1.29, 1.82) is 0 Å². The zero-order chi connectivity index (χ0) is 12.9. The van der Waals surface area contributed by atoms with Gasteiger partial charge < -0.3 is 9.47 Å². The van der Waals surface area contributed by atoms with Crippen molar-refractivity contribution in [1.82, 2.24) is 9.55 Å². The lowest BCUT2D eigenvalue weighted by Crippen LogP contribution is -2.43. The fourth-order valence-corrected chi connectivity index (χ4v) is 3.21. The van der Waals surface area contributed by atoms with Crippen LogP contribution in [0.2, 0.25) is 0 Å². The Labute approximate surface area is 111 Å². The number of rotatable bonds is 1. The molecule has 1 saturated heterocycles. The van der Waals surface area contributed by atoms with Crippen LogP contribution in [0.15, 0.2) is 17.1 Å². The van der Waals surface area contributed by atoms with E-state index in [1.807, 2.05) is 0 Å². The van der Waals surface area contributed by atoms with Gasteiger partial charge in [-0.05, 0) is 0 Å². The SMILES string of the molecule is C[C@H]1[C@H](F)[C@H]2O[C@]1(CBr)COc1nc(=O)ccn12. The number of halogens is 2. The Kier molecular flexibility index (Phi) is 2.71. The summed E-state index contributed by atoms with van der Waals surface area (Å²) in [6, 6.07) is 1.39. The summed E-state index contributed by atoms with van der Waals surface area (Å²) in [4.78, 5) is 14.9. The summed E-state index contributed by atoms with van der Waals surface area (Å²) in [6.07, 6.45) is -0.484. The van der Waals surface area contributed by atoms with E-state index in [1.54, 1.807) is 6.92 Å². The number of hydrogen-bond acceptors (Lipinski definition) is 4. The molecule has 2 bridgehead atoms. The summed E-state index contributed by atoms with van der Waals surface area (Å²) in [5.74, 6) is -0.297. The van der Waals surface area contributed by atoms with Crippen molar-refractivity contribution < 1.29 is 13.9 Å². The topological polar surface area (TPSA) is 53.4 Å². The van der Waals surface area contributed by atoms with Gasteiger partial charge in [0.2, 0.25) is 0 Å². The molecule has 4 atom stereocenters. The molecule has 0 aromatic carbocycles. The van der Waals surface area contributed by atoms with Crippen LogP contribution in [-0.2, 0) is 4.74 Å². The van der Waals surface area contributed by atoms with Crippen molar-refractivity contribution in [2.45, 2.75) is 24.9 Å². The van der Waals surface area contributed by atoms with Gasteiger partial charge in [0.15, 0.2) is 12.4 Å². The van der Waals surface area contributed by atoms with E-state index in [4.69, 9.17) is 9.47 Å². The monoisotopic (exact) mass is 318 g/mol. The molecular formula is C11H12BrFN2O3. The molecule has 98 valence electrons. The molecule has 1 aromatic rings. The van der Waals surface area contributed by atoms with E-state index in [2.05, 4.69) is 20.9 Å². The van der Waals surface area contributed by atoms with Gasteiger partial charge in [0.05, 0.1) is 0 Å². The number of nitrogens with zero attached hydrogens (tertiary/aromatic N) is 2. The highest BCUT2D eigenvalue weighted by Crippen LogP contribution is 2.47. The maximum Gasteiger partial charge on any atom is 0.302 e. The van der Waals surface area contributed by atoms with Gasteiger partial charge in [-0.3, -0.25) is 9.36 Å². The van der Waals surface area contributed by atoms with Crippen LogP contribution in [0, 0.1) is 5.92 Å². The lowest BCUT2D eigenvalue weighted by atomic mass is 9.90. The number of ether oxygens (including phenoxy) is 2. The van der Waals surface area contributed by atoms with E-state index in [-0.39, 0.29) is 18.5 Å². The molecule has 0 unspecified atom stereocenters. The Balaban J connectivity index is 2.11. The average molecular weight is 319 g/mol. The number of aromatic nitrogens is 2. The lowest BCUT2D eigenvalue weighted by molar-refractivity contribution is -0.0746. The van der Waals surface area contributed by atoms with Gasteiger partial charge in [0.1, 0.15) is 12.2 Å². The Morgan fingerprint density at radius 1 is 1.72 bits per heavy atom. The van der Waals surface area contributed by atoms with Gasteiger partial charge in [0, 0.05) is 23.5 Å². The molecule has 7 heteroatoms. The fourth-order valence-electron chi connectivity index (χ4n) is 2.40. The summed E-state index contributed by atoms with van der Waals surface area (Å²) in [7, 11) is 0. The maximum atomic E-state index is 14.3. The minimum absolute atomic E-state index is 0.116. The van der Waals surface area contributed by atoms with Crippen LogP contribution in [0.3, 0.4) is 0 Å². The summed E-state index contributed by atoms with van der Waals surface area (Å²) in [5, 5.41) is 0.469. The smallest absolute Gasteiger partial charge is 0.302 e. The standard InChI is InChI=1S/C11H12BrFN2O3/c1-6-8(13)9-15-3-2-7(16)14-10(15)17-5-11(6,4-12)18-9/h2-3,6,8-9H,4-5H2,1H3/t6-,8-,9+,11+/m0/s1. The molecule has 3 heterocycles. The van der Waals surface area contributed by atoms with Crippen molar-refractivity contribution in [2.75, 3.05) is 11.9 Å². The van der Waals surface area contributed by atoms with E-state index >= 15 is 0 Å². The van der Waals surface area contributed by atoms with E-state index < -0.39 is 23.6 Å². The van der Waals surface area contributed by atoms with Crippen molar-refractivity contribution in [2.24, 2.45) is 5.92 Å². The van der Waals surface area contributed by atoms with E-state index in [9.17, 15) is 9.18 Å². The maximum absolute atomic E-state index is 14.3. The number of fused-ring (bicyclic) bond motifs is 4. The molecule has 2 aliphatic rings. The molecule has 3 rings (SSSR count). The van der Waals surface area contributed by atoms with E-state index in [0.29, 0.717) is 5.33 Å². The molecule has 0 amide bonds. The predicted molar refractivity (Wildman–Crippen MR) is 64.7 cm³/mol. The Morgan fingerprint density at radius 2 is 2.50 bits per heavy atom. The predicted octanol–water partition coefficient (Wildman–Crippen LogP) is 1.27. The number of alkyl halides is 2. The zero-order valence-corrected chi connectivity index (χ0v) is 11.3. The summed E-state index contributed by atoms with van der Waals surface area (Å²) < 4.78 is 27.1. The van der Waals surface area contributed by atoms with Gasteiger partial charge in [-0.15, -0.1) is 0 Å². The first kappa shape index (κ1) is 12.1. The van der Waals surface area contributed by atoms with Gasteiger partial charge in [0.25, 0.3) is 5.56 Å². The first-order valence-electron chi connectivity index (χ1n) is 5.67. The molecule has 1 fully saturated rings. The van der Waals surface area contributed by atoms with Gasteiger partial charge >= 0.3 is 6.01 Å². The van der Waals surface area contributed by atoms with Crippen LogP contribution in [0.5, 0.6) is 6.01 Å². The van der Waals surface area contributed by atoms with Gasteiger partial charge in [-0.1, -0.05) is 22.9 Å². The molecule has 0 N–H and O–H groups in total. The van der Waals surface area contributed by atoms with Crippen LogP contribution in [0.1, 0.15) is 13.2 Å². The summed E-state index contributed by atoms with van der Waals surface area (Å²) >= 11 is 3.35. The van der Waals surface area contributed by atoms with Crippen molar-refractivity contribution >= 4 is 15.9 Å². The Bertz CT molecular complexity index is 537. The first-order chi connectivity index (χ1) is 8.57. The van der Waals surface area contributed by atoms with E-state index in [0.717, 1.165) is 0 Å². The highest BCUT2D eigenvalue weighted by atomic mass is 79.9. The van der Waals surface area contributed by atoms with Crippen molar-refractivity contribution in [3.8, 4) is 6.01 Å². The van der Waals surface area contributed by atoms with Crippen molar-refractivity contribution in [3.05, 3.63) is 22.6 Å². The first-order valence-corrected chi connectivity index (χ1v) is 6.79. The fraction of sp³-hybridized carbons (Fsp3) is 0.636. The molecule has 0 radical (unpaired) electrons. The highest BCUT2D eigenvalue weighted by molar-refractivity contribution is 9.09. The van der Waals surface area contributed by atoms with Crippen LogP contribution < -0.4 is 10.3 Å². The van der Waals surface area contributed by atoms with Crippen LogP contribution in [0.4, 0.5) is 4.39 Å². The van der Waals surface area contributed by atoms with Gasteiger partial charge in [-0.25, -0.2) is 4.39 Å². The van der Waals surface area contributed by atoms with Gasteiger partial charge in [-0.2, -0.15) is 4.98 Å².